The molecule has 3 aromatic rings. The number of methoxy groups -OCH3 is 2. The van der Waals surface area contributed by atoms with E-state index in [1.165, 1.54) is 44.2 Å². The molecule has 234 valence electrons. The molecule has 0 spiro atoms. The molecule has 0 saturated carbocycles. The van der Waals surface area contributed by atoms with E-state index < -0.39 is 16.9 Å². The molecule has 1 N–H and O–H groups in total. The number of hydrogen-bond donors (Lipinski definition) is 1. The first-order valence-electron chi connectivity index (χ1n) is 13.6. The minimum absolute atomic E-state index is 0.0486. The van der Waals surface area contributed by atoms with Gasteiger partial charge in [-0.15, -0.1) is 0 Å². The van der Waals surface area contributed by atoms with Gasteiger partial charge in [0, 0.05) is 21.9 Å². The quantitative estimate of drug-likeness (QED) is 0.0731. The Labute approximate surface area is 257 Å². The highest BCUT2D eigenvalue weighted by molar-refractivity contribution is 7.99. The summed E-state index contributed by atoms with van der Waals surface area (Å²) in [5, 5.41) is 14.4. The molecule has 0 aliphatic carbocycles. The van der Waals surface area contributed by atoms with Crippen molar-refractivity contribution in [3.63, 3.8) is 0 Å². The molecule has 0 amide bonds. The maximum absolute atomic E-state index is 12.0. The van der Waals surface area contributed by atoms with Crippen LogP contribution in [-0.4, -0.2) is 83.9 Å². The number of benzene rings is 3. The van der Waals surface area contributed by atoms with Gasteiger partial charge in [0.05, 0.1) is 81.3 Å². The van der Waals surface area contributed by atoms with Crippen molar-refractivity contribution >= 4 is 40.8 Å². The van der Waals surface area contributed by atoms with Gasteiger partial charge in [-0.25, -0.2) is 9.59 Å². The fourth-order valence-corrected chi connectivity index (χ4v) is 5.06. The number of rotatable bonds is 17. The van der Waals surface area contributed by atoms with Gasteiger partial charge in [0.2, 0.25) is 0 Å². The lowest BCUT2D eigenvalue weighted by atomic mass is 10.1. The Hall–Kier alpha value is -4.37. The first-order valence-corrected chi connectivity index (χ1v) is 14.4. The van der Waals surface area contributed by atoms with Crippen LogP contribution < -0.4 is 14.8 Å². The molecule has 3 aromatic carbocycles. The van der Waals surface area contributed by atoms with Crippen molar-refractivity contribution in [1.29, 1.82) is 0 Å². The van der Waals surface area contributed by atoms with Crippen LogP contribution in [-0.2, 0) is 23.7 Å². The van der Waals surface area contributed by atoms with Crippen LogP contribution in [0.4, 0.5) is 17.1 Å². The fraction of sp³-hybridized carbons (Fsp3) is 0.333. The normalized spacial score (nSPS) is 11.5. The Morgan fingerprint density at radius 2 is 1.18 bits per heavy atom. The maximum Gasteiger partial charge on any atom is 0.338 e. The zero-order valence-electron chi connectivity index (χ0n) is 24.2. The van der Waals surface area contributed by atoms with Crippen molar-refractivity contribution in [2.24, 2.45) is 0 Å². The minimum atomic E-state index is -0.670. The summed E-state index contributed by atoms with van der Waals surface area (Å²) in [7, 11) is 2.46. The first kappa shape index (κ1) is 32.5. The van der Waals surface area contributed by atoms with Crippen LogP contribution in [0, 0.1) is 10.1 Å². The van der Waals surface area contributed by atoms with E-state index >= 15 is 0 Å². The van der Waals surface area contributed by atoms with Gasteiger partial charge in [-0.3, -0.25) is 10.1 Å². The van der Waals surface area contributed by atoms with Gasteiger partial charge in [0.25, 0.3) is 5.69 Å². The highest BCUT2D eigenvalue weighted by atomic mass is 32.2. The van der Waals surface area contributed by atoms with Crippen LogP contribution >= 0.6 is 11.8 Å². The molecule has 13 nitrogen and oxygen atoms in total. The molecule has 1 heterocycles. The topological polar surface area (TPSA) is 154 Å². The van der Waals surface area contributed by atoms with Crippen LogP contribution in [0.2, 0.25) is 0 Å². The summed E-state index contributed by atoms with van der Waals surface area (Å²) >= 11 is 1.45. The highest BCUT2D eigenvalue weighted by Crippen LogP contribution is 2.46. The van der Waals surface area contributed by atoms with E-state index in [-0.39, 0.29) is 23.4 Å². The Kier molecular flexibility index (Phi) is 12.2. The smallest absolute Gasteiger partial charge is 0.338 e. The van der Waals surface area contributed by atoms with Gasteiger partial charge in [-0.2, -0.15) is 0 Å². The molecule has 44 heavy (non-hydrogen) atoms. The van der Waals surface area contributed by atoms with Crippen molar-refractivity contribution in [1.82, 2.24) is 0 Å². The second-order valence-corrected chi connectivity index (χ2v) is 10.1. The van der Waals surface area contributed by atoms with Gasteiger partial charge < -0.3 is 38.5 Å². The van der Waals surface area contributed by atoms with Crippen molar-refractivity contribution in [2.45, 2.75) is 9.79 Å². The SMILES string of the molecule is COC(=O)c1ccc(OCCOCCOCCOCCOc2ccc3c(c2)Sc2cc([N+](=O)[O-])ccc2N3)cc1C(=O)OC. The zero-order valence-corrected chi connectivity index (χ0v) is 25.0. The number of nitrogens with zero attached hydrogens (tertiary/aromatic N) is 1. The molecule has 0 bridgehead atoms. The van der Waals surface area contributed by atoms with Gasteiger partial charge in [-0.1, -0.05) is 11.8 Å². The number of carbonyl (C=O) groups is 2. The molecule has 1 aliphatic rings. The number of non-ortho nitro benzene ring substituents is 1. The molecule has 1 aliphatic heterocycles. The summed E-state index contributed by atoms with van der Waals surface area (Å²) in [6.45, 7) is 2.81. The van der Waals surface area contributed by atoms with Crippen molar-refractivity contribution in [3.8, 4) is 11.5 Å². The standard InChI is InChI=1S/C30H32N2O11S/c1-37-29(33)23-6-4-21(18-24(23)30(34)38-2)42-15-13-40-11-9-39-10-12-41-14-16-43-22-5-8-26-28(19-22)44-27-17-20(32(35)36)3-7-25(27)31-26/h3-8,17-19,31H,9-16H2,1-2H3. The minimum Gasteiger partial charge on any atom is -0.491 e. The maximum atomic E-state index is 12.0. The predicted molar refractivity (Wildman–Crippen MR) is 160 cm³/mol. The average molecular weight is 629 g/mol. The Morgan fingerprint density at radius 3 is 1.77 bits per heavy atom. The van der Waals surface area contributed by atoms with Gasteiger partial charge >= 0.3 is 11.9 Å². The first-order chi connectivity index (χ1) is 21.4. The van der Waals surface area contributed by atoms with Crippen LogP contribution in [0.25, 0.3) is 0 Å². The lowest BCUT2D eigenvalue weighted by molar-refractivity contribution is -0.385. The summed E-state index contributed by atoms with van der Waals surface area (Å²) in [6.07, 6.45) is 0. The van der Waals surface area contributed by atoms with Crippen LogP contribution in [0.3, 0.4) is 0 Å². The molecule has 0 unspecified atom stereocenters. The number of nitrogens with one attached hydrogen (secondary N) is 1. The summed E-state index contributed by atoms with van der Waals surface area (Å²) in [4.78, 5) is 36.2. The monoisotopic (exact) mass is 628 g/mol. The lowest BCUT2D eigenvalue weighted by Gasteiger charge is -2.21. The van der Waals surface area contributed by atoms with E-state index in [9.17, 15) is 19.7 Å². The number of nitro benzene ring substituents is 1. The average Bonchev–Trinajstić information content (AvgIpc) is 3.04. The zero-order chi connectivity index (χ0) is 31.3. The molecule has 0 radical (unpaired) electrons. The molecular formula is C30H32N2O11S. The number of ether oxygens (including phenoxy) is 7. The van der Waals surface area contributed by atoms with E-state index in [0.29, 0.717) is 57.7 Å². The summed E-state index contributed by atoms with van der Waals surface area (Å²) < 4.78 is 37.3. The van der Waals surface area contributed by atoms with Crippen molar-refractivity contribution in [3.05, 3.63) is 75.8 Å². The highest BCUT2D eigenvalue weighted by Gasteiger charge is 2.20. The fourth-order valence-electron chi connectivity index (χ4n) is 4.01. The second kappa shape index (κ2) is 16.5. The molecule has 4 rings (SSSR count). The van der Waals surface area contributed by atoms with Crippen molar-refractivity contribution in [2.75, 3.05) is 72.4 Å². The number of anilines is 2. The van der Waals surface area contributed by atoms with Gasteiger partial charge in [0.15, 0.2) is 0 Å². The molecule has 0 fully saturated rings. The largest absolute Gasteiger partial charge is 0.491 e. The number of nitro groups is 1. The van der Waals surface area contributed by atoms with Crippen molar-refractivity contribution < 1.29 is 47.7 Å². The van der Waals surface area contributed by atoms with Gasteiger partial charge in [0.1, 0.15) is 24.7 Å². The van der Waals surface area contributed by atoms with E-state index in [2.05, 4.69) is 10.1 Å². The third-order valence-electron chi connectivity index (χ3n) is 6.16. The van der Waals surface area contributed by atoms with E-state index in [1.54, 1.807) is 18.2 Å². The number of carbonyl (C=O) groups excluding carboxylic acids is 2. The van der Waals surface area contributed by atoms with E-state index in [1.807, 2.05) is 18.2 Å². The Bertz CT molecular complexity index is 1470. The summed E-state index contributed by atoms with van der Waals surface area (Å²) in [6, 6.07) is 14.8. The number of esters is 2. The molecule has 0 aromatic heterocycles. The Balaban J connectivity index is 1.04. The predicted octanol–water partition coefficient (Wildman–Crippen LogP) is 4.88. The van der Waals surface area contributed by atoms with Crippen LogP contribution in [0.5, 0.6) is 11.5 Å². The number of fused-ring (bicyclic) bond motifs is 2. The third kappa shape index (κ3) is 9.07. The Morgan fingerprint density at radius 1 is 0.682 bits per heavy atom. The van der Waals surface area contributed by atoms with Crippen LogP contribution in [0.1, 0.15) is 20.7 Å². The third-order valence-corrected chi connectivity index (χ3v) is 7.27. The van der Waals surface area contributed by atoms with E-state index in [4.69, 9.17) is 28.4 Å². The summed E-state index contributed by atoms with van der Waals surface area (Å²) in [5.41, 5.74) is 1.93. The van der Waals surface area contributed by atoms with E-state index in [0.717, 1.165) is 21.2 Å². The molecule has 14 heteroatoms. The molecular weight excluding hydrogens is 596 g/mol. The number of hydrogen-bond acceptors (Lipinski definition) is 13. The molecule has 0 saturated heterocycles. The lowest BCUT2D eigenvalue weighted by Crippen LogP contribution is -2.15. The van der Waals surface area contributed by atoms with Gasteiger partial charge in [-0.05, 0) is 42.5 Å². The summed E-state index contributed by atoms with van der Waals surface area (Å²) in [5.74, 6) is -0.250. The molecule has 0 atom stereocenters. The van der Waals surface area contributed by atoms with Crippen LogP contribution in [0.15, 0.2) is 64.4 Å². The second-order valence-electron chi connectivity index (χ2n) is 9.05.